The smallest absolute Gasteiger partial charge is 0.344 e. The fourth-order valence-electron chi connectivity index (χ4n) is 2.58. The maximum atomic E-state index is 12.5. The fourth-order valence-corrected chi connectivity index (χ4v) is 2.58. The van der Waals surface area contributed by atoms with Crippen LogP contribution in [-0.4, -0.2) is 15.7 Å². The summed E-state index contributed by atoms with van der Waals surface area (Å²) in [7, 11) is 0. The van der Waals surface area contributed by atoms with Crippen LogP contribution in [0.3, 0.4) is 0 Å². The van der Waals surface area contributed by atoms with Gasteiger partial charge in [0, 0.05) is 6.07 Å². The molecule has 0 unspecified atom stereocenters. The topological polar surface area (TPSA) is 44.1 Å². The second-order valence-corrected chi connectivity index (χ2v) is 6.23. The third kappa shape index (κ3) is 3.97. The quantitative estimate of drug-likeness (QED) is 0.637. The second kappa shape index (κ2) is 7.34. The van der Waals surface area contributed by atoms with E-state index in [4.69, 9.17) is 4.74 Å². The summed E-state index contributed by atoms with van der Waals surface area (Å²) >= 11 is 0. The molecular weight excluding hydrogens is 312 g/mol. The maximum absolute atomic E-state index is 12.5. The number of aryl methyl sites for hydroxylation is 3. The van der Waals surface area contributed by atoms with Crippen molar-refractivity contribution >= 4 is 5.97 Å². The normalized spacial score (nSPS) is 10.7. The molecule has 4 nitrogen and oxygen atoms in total. The minimum absolute atomic E-state index is 0.378. The zero-order valence-corrected chi connectivity index (χ0v) is 14.8. The molecule has 3 aromatic rings. The molecule has 0 fully saturated rings. The molecule has 0 amide bonds. The lowest BCUT2D eigenvalue weighted by Gasteiger charge is -2.08. The van der Waals surface area contributed by atoms with Crippen LogP contribution in [0.2, 0.25) is 0 Å². The van der Waals surface area contributed by atoms with Crippen molar-refractivity contribution in [3.8, 4) is 11.6 Å². The first kappa shape index (κ1) is 17.0. The zero-order chi connectivity index (χ0) is 17.8. The second-order valence-electron chi connectivity index (χ2n) is 6.23. The molecule has 0 aliphatic heterocycles. The van der Waals surface area contributed by atoms with E-state index in [0.717, 1.165) is 29.8 Å². The van der Waals surface area contributed by atoms with Gasteiger partial charge in [-0.2, -0.15) is 5.10 Å². The van der Waals surface area contributed by atoms with Crippen molar-refractivity contribution in [2.24, 2.45) is 0 Å². The van der Waals surface area contributed by atoms with Gasteiger partial charge in [0.2, 0.25) is 5.88 Å². The number of hydrogen-bond acceptors (Lipinski definition) is 3. The SMILES string of the molecule is CCCc1cc(OC(=O)c2ccc(C)cc2)n(-c2ccc(C)cc2)n1. The maximum Gasteiger partial charge on any atom is 0.344 e. The van der Waals surface area contributed by atoms with Gasteiger partial charge < -0.3 is 4.74 Å². The van der Waals surface area contributed by atoms with Crippen molar-refractivity contribution < 1.29 is 9.53 Å². The van der Waals surface area contributed by atoms with Crippen molar-refractivity contribution in [3.05, 3.63) is 77.0 Å². The molecule has 0 saturated heterocycles. The van der Waals surface area contributed by atoms with E-state index in [1.54, 1.807) is 16.8 Å². The lowest BCUT2D eigenvalue weighted by atomic mass is 10.1. The van der Waals surface area contributed by atoms with Gasteiger partial charge in [0.15, 0.2) is 0 Å². The van der Waals surface area contributed by atoms with Gasteiger partial charge in [-0.05, 0) is 44.5 Å². The molecule has 25 heavy (non-hydrogen) atoms. The highest BCUT2D eigenvalue weighted by Crippen LogP contribution is 2.22. The van der Waals surface area contributed by atoms with Crippen LogP contribution in [-0.2, 0) is 6.42 Å². The predicted octanol–water partition coefficient (Wildman–Crippen LogP) is 4.66. The summed E-state index contributed by atoms with van der Waals surface area (Å²) in [6.07, 6.45) is 1.82. The highest BCUT2D eigenvalue weighted by Gasteiger charge is 2.15. The average Bonchev–Trinajstić information content (AvgIpc) is 2.99. The molecule has 0 aliphatic carbocycles. The van der Waals surface area contributed by atoms with Gasteiger partial charge in [-0.25, -0.2) is 9.48 Å². The third-order valence-electron chi connectivity index (χ3n) is 4.00. The third-order valence-corrected chi connectivity index (χ3v) is 4.00. The Kier molecular flexibility index (Phi) is 4.98. The Hall–Kier alpha value is -2.88. The molecule has 0 aliphatic rings. The van der Waals surface area contributed by atoms with Crippen LogP contribution in [0.1, 0.15) is 40.5 Å². The number of carbonyl (C=O) groups is 1. The molecule has 1 heterocycles. The van der Waals surface area contributed by atoms with Gasteiger partial charge in [0.25, 0.3) is 0 Å². The largest absolute Gasteiger partial charge is 0.404 e. The Bertz CT molecular complexity index is 862. The van der Waals surface area contributed by atoms with E-state index in [-0.39, 0.29) is 5.97 Å². The van der Waals surface area contributed by atoms with Crippen molar-refractivity contribution in [3.63, 3.8) is 0 Å². The van der Waals surface area contributed by atoms with Gasteiger partial charge in [0.1, 0.15) is 0 Å². The van der Waals surface area contributed by atoms with Crippen molar-refractivity contribution in [1.82, 2.24) is 9.78 Å². The van der Waals surface area contributed by atoms with Gasteiger partial charge in [-0.3, -0.25) is 0 Å². The van der Waals surface area contributed by atoms with E-state index in [2.05, 4.69) is 12.0 Å². The summed E-state index contributed by atoms with van der Waals surface area (Å²) in [6, 6.07) is 17.2. The zero-order valence-electron chi connectivity index (χ0n) is 14.8. The Balaban J connectivity index is 1.92. The fraction of sp³-hybridized carbons (Fsp3) is 0.238. The minimum Gasteiger partial charge on any atom is -0.404 e. The summed E-state index contributed by atoms with van der Waals surface area (Å²) in [4.78, 5) is 12.5. The molecular formula is C21H22N2O2. The highest BCUT2D eigenvalue weighted by molar-refractivity contribution is 5.91. The Morgan fingerprint density at radius 2 is 1.60 bits per heavy atom. The van der Waals surface area contributed by atoms with E-state index in [1.165, 1.54) is 5.56 Å². The molecule has 128 valence electrons. The molecule has 4 heteroatoms. The average molecular weight is 334 g/mol. The van der Waals surface area contributed by atoms with Crippen LogP contribution < -0.4 is 4.74 Å². The number of rotatable bonds is 5. The van der Waals surface area contributed by atoms with Crippen molar-refractivity contribution in [2.45, 2.75) is 33.6 Å². The van der Waals surface area contributed by atoms with Gasteiger partial charge >= 0.3 is 5.97 Å². The summed E-state index contributed by atoms with van der Waals surface area (Å²) < 4.78 is 7.34. The van der Waals surface area contributed by atoms with E-state index in [1.807, 2.05) is 56.3 Å². The highest BCUT2D eigenvalue weighted by atomic mass is 16.5. The predicted molar refractivity (Wildman–Crippen MR) is 98.4 cm³/mol. The molecule has 0 saturated carbocycles. The molecule has 0 bridgehead atoms. The summed E-state index contributed by atoms with van der Waals surface area (Å²) in [6.45, 7) is 6.12. The number of esters is 1. The number of carbonyl (C=O) groups excluding carboxylic acids is 1. The lowest BCUT2D eigenvalue weighted by Crippen LogP contribution is -2.11. The summed E-state index contributed by atoms with van der Waals surface area (Å²) in [5, 5.41) is 4.60. The first-order valence-electron chi connectivity index (χ1n) is 8.51. The molecule has 0 N–H and O–H groups in total. The standard InChI is InChI=1S/C21H22N2O2/c1-4-5-18-14-20(23(22-18)19-12-8-16(3)9-13-19)25-21(24)17-10-6-15(2)7-11-17/h6-14H,4-5H2,1-3H3. The minimum atomic E-state index is -0.378. The summed E-state index contributed by atoms with van der Waals surface area (Å²) in [5.74, 6) is 0.0641. The Labute approximate surface area is 148 Å². The number of nitrogens with zero attached hydrogens (tertiary/aromatic N) is 2. The van der Waals surface area contributed by atoms with Crippen molar-refractivity contribution in [1.29, 1.82) is 0 Å². The molecule has 0 atom stereocenters. The number of hydrogen-bond donors (Lipinski definition) is 0. The lowest BCUT2D eigenvalue weighted by molar-refractivity contribution is 0.0723. The molecule has 0 radical (unpaired) electrons. The number of benzene rings is 2. The van der Waals surface area contributed by atoms with Gasteiger partial charge in [0.05, 0.1) is 16.9 Å². The number of ether oxygens (including phenoxy) is 1. The van der Waals surface area contributed by atoms with E-state index >= 15 is 0 Å². The Morgan fingerprint density at radius 1 is 1.00 bits per heavy atom. The Morgan fingerprint density at radius 3 is 2.20 bits per heavy atom. The van der Waals surface area contributed by atoms with Crippen LogP contribution in [0, 0.1) is 13.8 Å². The van der Waals surface area contributed by atoms with E-state index < -0.39 is 0 Å². The molecule has 2 aromatic carbocycles. The molecule has 0 spiro atoms. The van der Waals surface area contributed by atoms with Crippen LogP contribution in [0.4, 0.5) is 0 Å². The van der Waals surface area contributed by atoms with Crippen LogP contribution in [0.25, 0.3) is 5.69 Å². The van der Waals surface area contributed by atoms with E-state index in [9.17, 15) is 4.79 Å². The van der Waals surface area contributed by atoms with Crippen molar-refractivity contribution in [2.75, 3.05) is 0 Å². The van der Waals surface area contributed by atoms with Crippen LogP contribution >= 0.6 is 0 Å². The monoisotopic (exact) mass is 334 g/mol. The first-order chi connectivity index (χ1) is 12.1. The first-order valence-corrected chi connectivity index (χ1v) is 8.51. The van der Waals surface area contributed by atoms with Crippen LogP contribution in [0.5, 0.6) is 5.88 Å². The summed E-state index contributed by atoms with van der Waals surface area (Å²) in [5.41, 5.74) is 4.59. The number of aromatic nitrogens is 2. The molecule has 1 aromatic heterocycles. The van der Waals surface area contributed by atoms with Gasteiger partial charge in [-0.1, -0.05) is 48.7 Å². The molecule has 3 rings (SSSR count). The van der Waals surface area contributed by atoms with Gasteiger partial charge in [-0.15, -0.1) is 0 Å². The van der Waals surface area contributed by atoms with E-state index in [0.29, 0.717) is 11.4 Å². The van der Waals surface area contributed by atoms with Crippen LogP contribution in [0.15, 0.2) is 54.6 Å².